The number of amides is 2. The second-order valence-corrected chi connectivity index (χ2v) is 8.62. The molecule has 0 bridgehead atoms. The Morgan fingerprint density at radius 3 is 3.03 bits per heavy atom. The van der Waals surface area contributed by atoms with Crippen LogP contribution < -0.4 is 15.4 Å². The number of aromatic nitrogens is 4. The molecule has 1 aromatic carbocycles. The number of halogens is 1. The molecule has 1 atom stereocenters. The first-order valence-electron chi connectivity index (χ1n) is 11.2. The second-order valence-electron chi connectivity index (χ2n) is 8.24. The van der Waals surface area contributed by atoms with Gasteiger partial charge in [-0.3, -0.25) is 9.59 Å². The van der Waals surface area contributed by atoms with Crippen molar-refractivity contribution in [3.05, 3.63) is 58.4 Å². The molecule has 2 aliphatic rings. The van der Waals surface area contributed by atoms with Crippen molar-refractivity contribution in [2.45, 2.75) is 38.5 Å². The van der Waals surface area contributed by atoms with Gasteiger partial charge in [0.15, 0.2) is 6.61 Å². The summed E-state index contributed by atoms with van der Waals surface area (Å²) < 4.78 is 15.1. The lowest BCUT2D eigenvalue weighted by Gasteiger charge is -2.25. The van der Waals surface area contributed by atoms with Crippen LogP contribution in [0.5, 0.6) is 5.75 Å². The molecular formula is C23H25ClN6O4. The van der Waals surface area contributed by atoms with E-state index in [1.807, 2.05) is 6.07 Å². The molecule has 0 unspecified atom stereocenters. The van der Waals surface area contributed by atoms with Crippen molar-refractivity contribution in [1.29, 1.82) is 0 Å². The first-order valence-corrected chi connectivity index (χ1v) is 11.6. The van der Waals surface area contributed by atoms with Crippen molar-refractivity contribution in [3.8, 4) is 11.4 Å². The van der Waals surface area contributed by atoms with Crippen molar-refractivity contribution in [2.75, 3.05) is 20.3 Å². The molecule has 0 radical (unpaired) electrons. The highest BCUT2D eigenvalue weighted by Crippen LogP contribution is 2.34. The number of hydrogen-bond donors (Lipinski definition) is 2. The zero-order chi connectivity index (χ0) is 23.7. The van der Waals surface area contributed by atoms with Gasteiger partial charge in [-0.15, -0.1) is 0 Å². The first kappa shape index (κ1) is 22.4. The van der Waals surface area contributed by atoms with Gasteiger partial charge in [-0.2, -0.15) is 5.10 Å². The van der Waals surface area contributed by atoms with E-state index in [0.29, 0.717) is 35.4 Å². The maximum Gasteiger partial charge on any atom is 0.272 e. The van der Waals surface area contributed by atoms with Crippen LogP contribution in [0.2, 0.25) is 5.02 Å². The van der Waals surface area contributed by atoms with Gasteiger partial charge in [0.2, 0.25) is 0 Å². The molecule has 5 rings (SSSR count). The van der Waals surface area contributed by atoms with Crippen LogP contribution in [0, 0.1) is 0 Å². The summed E-state index contributed by atoms with van der Waals surface area (Å²) in [5.74, 6) is -0.102. The highest BCUT2D eigenvalue weighted by molar-refractivity contribution is 6.33. The lowest BCUT2D eigenvalue weighted by Crippen LogP contribution is -2.35. The number of carbonyl (C=O) groups is 2. The van der Waals surface area contributed by atoms with E-state index < -0.39 is 0 Å². The summed E-state index contributed by atoms with van der Waals surface area (Å²) in [5, 5.41) is 10.4. The molecule has 0 spiro atoms. The topological polar surface area (TPSA) is 112 Å². The number of nitrogens with zero attached hydrogens (tertiary/aromatic N) is 4. The van der Waals surface area contributed by atoms with Crippen LogP contribution in [0.4, 0.5) is 0 Å². The molecule has 11 heteroatoms. The number of rotatable bonds is 6. The second kappa shape index (κ2) is 9.47. The minimum Gasteiger partial charge on any atom is -0.482 e. The molecular weight excluding hydrogens is 460 g/mol. The Morgan fingerprint density at radius 2 is 2.18 bits per heavy atom. The molecule has 34 heavy (non-hydrogen) atoms. The maximum atomic E-state index is 13.0. The molecule has 10 nitrogen and oxygen atoms in total. The summed E-state index contributed by atoms with van der Waals surface area (Å²) in [4.78, 5) is 28.9. The Balaban J connectivity index is 1.38. The summed E-state index contributed by atoms with van der Waals surface area (Å²) in [6, 6.07) is 4.91. The fourth-order valence-electron chi connectivity index (χ4n) is 4.36. The number of hydrogen-bond acceptors (Lipinski definition) is 6. The van der Waals surface area contributed by atoms with Gasteiger partial charge in [-0.1, -0.05) is 17.7 Å². The largest absolute Gasteiger partial charge is 0.482 e. The van der Waals surface area contributed by atoms with E-state index in [1.165, 1.54) is 7.05 Å². The van der Waals surface area contributed by atoms with Gasteiger partial charge in [-0.05, 0) is 31.4 Å². The van der Waals surface area contributed by atoms with Crippen LogP contribution in [0.25, 0.3) is 5.69 Å². The van der Waals surface area contributed by atoms with Crippen molar-refractivity contribution in [1.82, 2.24) is 30.0 Å². The van der Waals surface area contributed by atoms with Gasteiger partial charge in [0.1, 0.15) is 16.5 Å². The van der Waals surface area contributed by atoms with Crippen LogP contribution in [0.15, 0.2) is 30.7 Å². The summed E-state index contributed by atoms with van der Waals surface area (Å²) >= 11 is 6.59. The minimum atomic E-state index is -0.364. The molecule has 0 saturated heterocycles. The van der Waals surface area contributed by atoms with Crippen molar-refractivity contribution >= 4 is 23.4 Å². The number of fused-ring (bicyclic) bond motifs is 2. The molecule has 3 aromatic rings. The molecule has 2 aromatic heterocycles. The third kappa shape index (κ3) is 4.14. The molecule has 0 fully saturated rings. The molecule has 2 amide bonds. The molecule has 0 aliphatic carbocycles. The molecule has 178 valence electrons. The third-order valence-electron chi connectivity index (χ3n) is 6.14. The molecule has 2 aliphatic heterocycles. The average molecular weight is 485 g/mol. The monoisotopic (exact) mass is 484 g/mol. The highest BCUT2D eigenvalue weighted by atomic mass is 35.5. The zero-order valence-electron chi connectivity index (χ0n) is 18.7. The van der Waals surface area contributed by atoms with Gasteiger partial charge in [-0.25, -0.2) is 9.67 Å². The van der Waals surface area contributed by atoms with Crippen LogP contribution in [0.1, 0.15) is 46.3 Å². The van der Waals surface area contributed by atoms with Gasteiger partial charge >= 0.3 is 0 Å². The number of nitrogens with one attached hydrogen (secondary N) is 2. The van der Waals surface area contributed by atoms with Gasteiger partial charge in [0.05, 0.1) is 48.9 Å². The molecule has 2 N–H and O–H groups in total. The fraction of sp³-hybridized carbons (Fsp3) is 0.391. The summed E-state index contributed by atoms with van der Waals surface area (Å²) in [6.45, 7) is 1.41. The van der Waals surface area contributed by atoms with Gasteiger partial charge in [0.25, 0.3) is 11.8 Å². The number of likely N-dealkylation sites (N-methyl/N-ethyl adjacent to an activating group) is 1. The lowest BCUT2D eigenvalue weighted by atomic mass is 10.0. The molecule has 0 saturated carbocycles. The number of imidazole rings is 1. The van der Waals surface area contributed by atoms with Crippen LogP contribution in [0.3, 0.4) is 0 Å². The Labute approximate surface area is 201 Å². The Morgan fingerprint density at radius 1 is 1.29 bits per heavy atom. The predicted molar refractivity (Wildman–Crippen MR) is 123 cm³/mol. The van der Waals surface area contributed by atoms with Crippen molar-refractivity contribution in [2.24, 2.45) is 0 Å². The fourth-order valence-corrected chi connectivity index (χ4v) is 4.62. The number of benzene rings is 1. The van der Waals surface area contributed by atoms with E-state index in [9.17, 15) is 9.59 Å². The van der Waals surface area contributed by atoms with Gasteiger partial charge in [0, 0.05) is 19.2 Å². The Kier molecular flexibility index (Phi) is 6.25. The first-order chi connectivity index (χ1) is 16.6. The summed E-state index contributed by atoms with van der Waals surface area (Å²) in [5.41, 5.74) is 3.70. The maximum absolute atomic E-state index is 13.0. The number of ether oxygens (including phenoxy) is 2. The SMILES string of the molecule is CNC(=O)COc1cccc(-n2ncc3c2COC[C@@H]3NC(=O)c2ncn3c2CCCC3)c1Cl. The van der Waals surface area contributed by atoms with Crippen molar-refractivity contribution < 1.29 is 19.1 Å². The normalized spacial score (nSPS) is 16.9. The zero-order valence-corrected chi connectivity index (χ0v) is 19.5. The van der Waals surface area contributed by atoms with E-state index in [-0.39, 0.29) is 24.5 Å². The highest BCUT2D eigenvalue weighted by Gasteiger charge is 2.29. The summed E-state index contributed by atoms with van der Waals surface area (Å²) in [6.07, 6.45) is 6.47. The predicted octanol–water partition coefficient (Wildman–Crippen LogP) is 2.18. The van der Waals surface area contributed by atoms with Crippen molar-refractivity contribution in [3.63, 3.8) is 0 Å². The Bertz CT molecular complexity index is 1240. The minimum absolute atomic E-state index is 0.147. The standard InChI is InChI=1S/C23H25ClN6O4/c1-25-20(31)12-34-19-7-4-6-16(21(19)24)30-18-11-33-10-15(14(18)9-27-30)28-23(32)22-17-5-2-3-8-29(17)13-26-22/h4,6-7,9,13,15H,2-3,5,8,10-12H2,1H3,(H,25,31)(H,28,32)/t15-/m0/s1. The van der Waals surface area contributed by atoms with Gasteiger partial charge < -0.3 is 24.7 Å². The lowest BCUT2D eigenvalue weighted by molar-refractivity contribution is -0.122. The smallest absolute Gasteiger partial charge is 0.272 e. The van der Waals surface area contributed by atoms with Crippen LogP contribution in [-0.2, 0) is 29.1 Å². The van der Waals surface area contributed by atoms with E-state index in [1.54, 1.807) is 29.3 Å². The Hall–Kier alpha value is -3.37. The molecule has 4 heterocycles. The van der Waals surface area contributed by atoms with E-state index in [0.717, 1.165) is 42.8 Å². The van der Waals surface area contributed by atoms with Crippen LogP contribution >= 0.6 is 11.6 Å². The number of carbonyl (C=O) groups excluding carboxylic acids is 2. The summed E-state index contributed by atoms with van der Waals surface area (Å²) in [7, 11) is 1.54. The number of aryl methyl sites for hydroxylation is 1. The van der Waals surface area contributed by atoms with E-state index in [2.05, 4.69) is 25.3 Å². The quantitative estimate of drug-likeness (QED) is 0.554. The van der Waals surface area contributed by atoms with E-state index in [4.69, 9.17) is 21.1 Å². The van der Waals surface area contributed by atoms with E-state index >= 15 is 0 Å². The third-order valence-corrected chi connectivity index (χ3v) is 6.52. The van der Waals surface area contributed by atoms with Crippen LogP contribution in [-0.4, -0.2) is 51.4 Å². The average Bonchev–Trinajstić information content (AvgIpc) is 3.48.